The molecule has 15 heavy (non-hydrogen) atoms. The summed E-state index contributed by atoms with van der Waals surface area (Å²) in [7, 11) is 0. The van der Waals surface area contributed by atoms with E-state index in [0.29, 0.717) is 12.8 Å². The van der Waals surface area contributed by atoms with E-state index in [4.69, 9.17) is 10.9 Å². The highest BCUT2D eigenvalue weighted by molar-refractivity contribution is 5.89. The van der Waals surface area contributed by atoms with Gasteiger partial charge in [-0.3, -0.25) is 4.79 Å². The van der Waals surface area contributed by atoms with Gasteiger partial charge in [-0.1, -0.05) is 32.9 Å². The minimum atomic E-state index is -0.384. The Balaban J connectivity index is 4.26. The Labute approximate surface area is 90.7 Å². The number of hydrogen-bond donors (Lipinski definition) is 3. The van der Waals surface area contributed by atoms with Gasteiger partial charge in [-0.15, -0.1) is 0 Å². The van der Waals surface area contributed by atoms with Gasteiger partial charge in [0.05, 0.1) is 6.04 Å². The third kappa shape index (κ3) is 5.93. The van der Waals surface area contributed by atoms with E-state index >= 15 is 0 Å². The number of amides is 1. The number of hydrogen-bond acceptors (Lipinski definition) is 3. The molecule has 88 valence electrons. The maximum Gasteiger partial charge on any atom is 0.221 e. The normalized spacial score (nSPS) is 14.8. The molecule has 0 aliphatic heterocycles. The zero-order valence-corrected chi connectivity index (χ0v) is 9.87. The van der Waals surface area contributed by atoms with Crippen LogP contribution in [0, 0.1) is 5.41 Å². The largest absolute Gasteiger partial charge is 0.409 e. The molecule has 0 saturated carbocycles. The van der Waals surface area contributed by atoms with Crippen molar-refractivity contribution in [3.8, 4) is 0 Å². The lowest BCUT2D eigenvalue weighted by atomic mass is 9.92. The van der Waals surface area contributed by atoms with E-state index in [1.807, 2.05) is 27.7 Å². The number of nitrogens with zero attached hydrogens (tertiary/aromatic N) is 1. The summed E-state index contributed by atoms with van der Waals surface area (Å²) in [6.45, 7) is 7.81. The van der Waals surface area contributed by atoms with Gasteiger partial charge in [0.2, 0.25) is 5.91 Å². The molecule has 0 aromatic heterocycles. The number of nitrogens with two attached hydrogens (primary N) is 1. The second-order valence-electron chi connectivity index (χ2n) is 4.79. The maximum atomic E-state index is 11.5. The fourth-order valence-electron chi connectivity index (χ4n) is 1.18. The predicted molar refractivity (Wildman–Crippen MR) is 59.7 cm³/mol. The SMILES string of the molecule is CCC(NC(=O)CC(C)(C)C)/C(N)=N/O. The van der Waals surface area contributed by atoms with E-state index in [2.05, 4.69) is 10.5 Å². The van der Waals surface area contributed by atoms with Gasteiger partial charge in [0.1, 0.15) is 0 Å². The van der Waals surface area contributed by atoms with Crippen LogP contribution in [0.1, 0.15) is 40.5 Å². The second kappa shape index (κ2) is 5.58. The quantitative estimate of drug-likeness (QED) is 0.283. The third-order valence-corrected chi connectivity index (χ3v) is 1.91. The summed E-state index contributed by atoms with van der Waals surface area (Å²) in [6, 6.07) is -0.384. The molecular weight excluding hydrogens is 194 g/mol. The summed E-state index contributed by atoms with van der Waals surface area (Å²) in [4.78, 5) is 11.5. The van der Waals surface area contributed by atoms with Crippen LogP contribution in [0.2, 0.25) is 0 Å². The van der Waals surface area contributed by atoms with Gasteiger partial charge in [0.15, 0.2) is 5.84 Å². The number of amidine groups is 1. The van der Waals surface area contributed by atoms with Crippen LogP contribution in [-0.4, -0.2) is 23.0 Å². The standard InChI is InChI=1S/C10H21N3O2/c1-5-7(9(11)13-15)12-8(14)6-10(2,3)4/h7,15H,5-6H2,1-4H3,(H2,11,13)(H,12,14). The molecule has 1 unspecified atom stereocenters. The van der Waals surface area contributed by atoms with Crippen molar-refractivity contribution < 1.29 is 10.0 Å². The van der Waals surface area contributed by atoms with Crippen molar-refractivity contribution in [1.82, 2.24) is 5.32 Å². The molecule has 0 aliphatic carbocycles. The van der Waals surface area contributed by atoms with Crippen molar-refractivity contribution in [3.05, 3.63) is 0 Å². The lowest BCUT2D eigenvalue weighted by Gasteiger charge is -2.20. The molecule has 0 fully saturated rings. The molecule has 0 bridgehead atoms. The van der Waals surface area contributed by atoms with Gasteiger partial charge in [0.25, 0.3) is 0 Å². The van der Waals surface area contributed by atoms with Crippen LogP contribution in [0.3, 0.4) is 0 Å². The van der Waals surface area contributed by atoms with Crippen molar-refractivity contribution >= 4 is 11.7 Å². The van der Waals surface area contributed by atoms with E-state index in [-0.39, 0.29) is 23.2 Å². The first-order valence-electron chi connectivity index (χ1n) is 5.07. The number of oxime groups is 1. The van der Waals surface area contributed by atoms with Crippen LogP contribution in [0.4, 0.5) is 0 Å². The molecule has 0 aromatic rings. The Morgan fingerprint density at radius 2 is 2.07 bits per heavy atom. The van der Waals surface area contributed by atoms with E-state index in [0.717, 1.165) is 0 Å². The minimum absolute atomic E-state index is 0.0414. The molecule has 0 saturated heterocycles. The average molecular weight is 215 g/mol. The monoisotopic (exact) mass is 215 g/mol. The van der Waals surface area contributed by atoms with Crippen molar-refractivity contribution in [2.75, 3.05) is 0 Å². The van der Waals surface area contributed by atoms with E-state index in [1.54, 1.807) is 0 Å². The number of rotatable bonds is 4. The fourth-order valence-corrected chi connectivity index (χ4v) is 1.18. The number of nitrogens with one attached hydrogen (secondary N) is 1. The Kier molecular flexibility index (Phi) is 5.11. The van der Waals surface area contributed by atoms with Gasteiger partial charge in [-0.2, -0.15) is 0 Å². The highest BCUT2D eigenvalue weighted by atomic mass is 16.4. The van der Waals surface area contributed by atoms with Gasteiger partial charge >= 0.3 is 0 Å². The van der Waals surface area contributed by atoms with Crippen LogP contribution in [0.15, 0.2) is 5.16 Å². The van der Waals surface area contributed by atoms with Gasteiger partial charge in [0, 0.05) is 6.42 Å². The second-order valence-corrected chi connectivity index (χ2v) is 4.79. The first-order chi connectivity index (χ1) is 6.80. The van der Waals surface area contributed by atoms with Crippen LogP contribution >= 0.6 is 0 Å². The van der Waals surface area contributed by atoms with E-state index in [1.165, 1.54) is 0 Å². The Bertz CT molecular complexity index is 244. The van der Waals surface area contributed by atoms with Crippen molar-refractivity contribution in [1.29, 1.82) is 0 Å². The van der Waals surface area contributed by atoms with E-state index in [9.17, 15) is 4.79 Å². The van der Waals surface area contributed by atoms with Crippen LogP contribution in [0.5, 0.6) is 0 Å². The smallest absolute Gasteiger partial charge is 0.221 e. The lowest BCUT2D eigenvalue weighted by molar-refractivity contribution is -0.123. The molecular formula is C10H21N3O2. The average Bonchev–Trinajstić information content (AvgIpc) is 2.10. The van der Waals surface area contributed by atoms with E-state index < -0.39 is 0 Å². The van der Waals surface area contributed by atoms with Gasteiger partial charge in [-0.05, 0) is 11.8 Å². The number of carbonyl (C=O) groups excluding carboxylic acids is 1. The summed E-state index contributed by atoms with van der Waals surface area (Å²) in [5, 5.41) is 14.1. The molecule has 0 radical (unpaired) electrons. The molecule has 0 rings (SSSR count). The zero-order chi connectivity index (χ0) is 12.1. The molecule has 4 N–H and O–H groups in total. The van der Waals surface area contributed by atoms with Crippen molar-refractivity contribution in [2.45, 2.75) is 46.6 Å². The maximum absolute atomic E-state index is 11.5. The summed E-state index contributed by atoms with van der Waals surface area (Å²) in [6.07, 6.45) is 1.02. The highest BCUT2D eigenvalue weighted by Gasteiger charge is 2.19. The molecule has 0 aliphatic rings. The molecule has 1 amide bonds. The number of carbonyl (C=O) groups is 1. The fraction of sp³-hybridized carbons (Fsp3) is 0.800. The highest BCUT2D eigenvalue weighted by Crippen LogP contribution is 2.17. The van der Waals surface area contributed by atoms with Gasteiger partial charge < -0.3 is 16.3 Å². The minimum Gasteiger partial charge on any atom is -0.409 e. The topological polar surface area (TPSA) is 87.7 Å². The summed E-state index contributed by atoms with van der Waals surface area (Å²) in [5.74, 6) is -0.0410. The third-order valence-electron chi connectivity index (χ3n) is 1.91. The molecule has 1 atom stereocenters. The summed E-state index contributed by atoms with van der Waals surface area (Å²) >= 11 is 0. The van der Waals surface area contributed by atoms with Gasteiger partial charge in [-0.25, -0.2) is 0 Å². The molecule has 0 aromatic carbocycles. The zero-order valence-electron chi connectivity index (χ0n) is 9.87. The lowest BCUT2D eigenvalue weighted by Crippen LogP contribution is -2.45. The van der Waals surface area contributed by atoms with Crippen LogP contribution < -0.4 is 11.1 Å². The molecule has 0 spiro atoms. The Morgan fingerprint density at radius 1 is 1.53 bits per heavy atom. The summed E-state index contributed by atoms with van der Waals surface area (Å²) < 4.78 is 0. The van der Waals surface area contributed by atoms with Crippen LogP contribution in [-0.2, 0) is 4.79 Å². The predicted octanol–water partition coefficient (Wildman–Crippen LogP) is 1.06. The summed E-state index contributed by atoms with van der Waals surface area (Å²) in [5.41, 5.74) is 5.36. The van der Waals surface area contributed by atoms with Crippen LogP contribution in [0.25, 0.3) is 0 Å². The first-order valence-corrected chi connectivity index (χ1v) is 5.07. The first kappa shape index (κ1) is 13.7. The Hall–Kier alpha value is -1.26. The molecule has 0 heterocycles. The molecule has 5 heteroatoms. The van der Waals surface area contributed by atoms with Crippen molar-refractivity contribution in [2.24, 2.45) is 16.3 Å². The Morgan fingerprint density at radius 3 is 2.40 bits per heavy atom. The van der Waals surface area contributed by atoms with Crippen molar-refractivity contribution in [3.63, 3.8) is 0 Å². The molecule has 5 nitrogen and oxygen atoms in total.